The number of hydrogen-bond acceptors (Lipinski definition) is 9. The largest absolute Gasteiger partial charge is 0.493 e. The standard InChI is InChI=1S/C27H33N3O6S/c1-8-36-26(32)23-17(4)28-27(37-14-22(31)29-19-10-15(2)9-16(3)11-19)30-24(23)18-12-20(33-5)25(35-7)21(13-18)34-6/h9-13,24H,8,14H2,1-7H3,(H,28,30)(H,29,31)/t24-/m0/s1. The van der Waals surface area contributed by atoms with Gasteiger partial charge in [0.25, 0.3) is 0 Å². The molecule has 0 saturated carbocycles. The Balaban J connectivity index is 1.90. The zero-order valence-electron chi connectivity index (χ0n) is 22.2. The van der Waals surface area contributed by atoms with Gasteiger partial charge in [0.15, 0.2) is 16.7 Å². The molecule has 10 heteroatoms. The second kappa shape index (κ2) is 12.5. The highest BCUT2D eigenvalue weighted by atomic mass is 32.2. The molecule has 37 heavy (non-hydrogen) atoms. The Hall–Kier alpha value is -3.66. The second-order valence-electron chi connectivity index (χ2n) is 8.39. The number of methoxy groups -OCH3 is 3. The van der Waals surface area contributed by atoms with Crippen molar-refractivity contribution < 1.29 is 28.5 Å². The van der Waals surface area contributed by atoms with Crippen LogP contribution in [-0.4, -0.2) is 50.7 Å². The van der Waals surface area contributed by atoms with Gasteiger partial charge in [0.1, 0.15) is 6.04 Å². The normalized spacial score (nSPS) is 14.9. The number of hydrogen-bond donors (Lipinski definition) is 2. The lowest BCUT2D eigenvalue weighted by Gasteiger charge is -2.26. The van der Waals surface area contributed by atoms with Crippen LogP contribution >= 0.6 is 11.8 Å². The summed E-state index contributed by atoms with van der Waals surface area (Å²) in [5, 5.41) is 6.58. The minimum Gasteiger partial charge on any atom is -0.493 e. The van der Waals surface area contributed by atoms with Gasteiger partial charge >= 0.3 is 5.97 Å². The zero-order valence-corrected chi connectivity index (χ0v) is 23.0. The Morgan fingerprint density at radius 3 is 2.14 bits per heavy atom. The van der Waals surface area contributed by atoms with Crippen LogP contribution in [-0.2, 0) is 14.3 Å². The van der Waals surface area contributed by atoms with E-state index in [1.165, 1.54) is 33.1 Å². The van der Waals surface area contributed by atoms with E-state index in [1.54, 1.807) is 26.0 Å². The van der Waals surface area contributed by atoms with Crippen LogP contribution in [0.1, 0.15) is 36.6 Å². The number of carbonyl (C=O) groups excluding carboxylic acids is 2. The number of aryl methyl sites for hydroxylation is 2. The monoisotopic (exact) mass is 527 g/mol. The highest BCUT2D eigenvalue weighted by molar-refractivity contribution is 8.14. The van der Waals surface area contributed by atoms with Crippen LogP contribution in [0, 0.1) is 13.8 Å². The quantitative estimate of drug-likeness (QED) is 0.458. The zero-order chi connectivity index (χ0) is 27.1. The number of nitrogens with zero attached hydrogens (tertiary/aromatic N) is 1. The summed E-state index contributed by atoms with van der Waals surface area (Å²) in [6.07, 6.45) is 0. The van der Waals surface area contributed by atoms with E-state index in [2.05, 4.69) is 10.6 Å². The van der Waals surface area contributed by atoms with Gasteiger partial charge in [0.05, 0.1) is 39.3 Å². The number of esters is 1. The van der Waals surface area contributed by atoms with Crippen molar-refractivity contribution in [2.75, 3.05) is 39.0 Å². The van der Waals surface area contributed by atoms with Gasteiger partial charge in [-0.3, -0.25) is 4.79 Å². The molecule has 1 aliphatic rings. The fourth-order valence-electron chi connectivity index (χ4n) is 4.07. The molecule has 0 radical (unpaired) electrons. The van der Waals surface area contributed by atoms with E-state index in [9.17, 15) is 9.59 Å². The SMILES string of the molecule is CCOC(=O)C1=C(C)NC(SCC(=O)Nc2cc(C)cc(C)c2)=N[C@H]1c1cc(OC)c(OC)c(OC)c1. The third-order valence-corrected chi connectivity index (χ3v) is 6.45. The van der Waals surface area contributed by atoms with Crippen LogP contribution in [0.5, 0.6) is 17.2 Å². The molecule has 0 bridgehead atoms. The molecule has 2 aromatic carbocycles. The first-order chi connectivity index (χ1) is 17.7. The average molecular weight is 528 g/mol. The number of ether oxygens (including phenoxy) is 4. The smallest absolute Gasteiger partial charge is 0.338 e. The first-order valence-corrected chi connectivity index (χ1v) is 12.7. The average Bonchev–Trinajstić information content (AvgIpc) is 2.85. The summed E-state index contributed by atoms with van der Waals surface area (Å²) in [5.74, 6) is 0.793. The van der Waals surface area contributed by atoms with Gasteiger partial charge in [-0.1, -0.05) is 17.8 Å². The Morgan fingerprint density at radius 2 is 1.59 bits per heavy atom. The van der Waals surface area contributed by atoms with Crippen molar-refractivity contribution >= 4 is 34.5 Å². The molecule has 0 aliphatic carbocycles. The summed E-state index contributed by atoms with van der Waals surface area (Å²) in [4.78, 5) is 30.3. The maximum Gasteiger partial charge on any atom is 0.338 e. The molecular weight excluding hydrogens is 494 g/mol. The van der Waals surface area contributed by atoms with Crippen molar-refractivity contribution in [2.45, 2.75) is 33.7 Å². The van der Waals surface area contributed by atoms with E-state index >= 15 is 0 Å². The van der Waals surface area contributed by atoms with Crippen LogP contribution in [0.2, 0.25) is 0 Å². The number of rotatable bonds is 9. The van der Waals surface area contributed by atoms with E-state index in [0.717, 1.165) is 16.8 Å². The number of nitrogens with one attached hydrogen (secondary N) is 2. The summed E-state index contributed by atoms with van der Waals surface area (Å²) < 4.78 is 21.8. The number of benzene rings is 2. The number of aliphatic imine (C=N–C) groups is 1. The predicted octanol–water partition coefficient (Wildman–Crippen LogP) is 4.54. The number of anilines is 1. The van der Waals surface area contributed by atoms with Crippen LogP contribution in [0.25, 0.3) is 0 Å². The molecule has 1 amide bonds. The molecule has 0 saturated heterocycles. The van der Waals surface area contributed by atoms with Crippen LogP contribution in [0.4, 0.5) is 5.69 Å². The Labute approximate surface area is 221 Å². The molecule has 2 N–H and O–H groups in total. The van der Waals surface area contributed by atoms with E-state index < -0.39 is 12.0 Å². The topological polar surface area (TPSA) is 107 Å². The highest BCUT2D eigenvalue weighted by Crippen LogP contribution is 2.43. The van der Waals surface area contributed by atoms with Crippen LogP contribution < -0.4 is 24.8 Å². The maximum atomic E-state index is 12.9. The first-order valence-electron chi connectivity index (χ1n) is 11.7. The molecule has 9 nitrogen and oxygen atoms in total. The fourth-order valence-corrected chi connectivity index (χ4v) is 4.82. The molecule has 1 aliphatic heterocycles. The van der Waals surface area contributed by atoms with E-state index in [-0.39, 0.29) is 18.3 Å². The summed E-state index contributed by atoms with van der Waals surface area (Å²) in [5.41, 5.74) is 4.49. The molecular formula is C27H33N3O6S. The number of amides is 1. The molecule has 0 unspecified atom stereocenters. The van der Waals surface area contributed by atoms with Crippen LogP contribution in [0.3, 0.4) is 0 Å². The van der Waals surface area contributed by atoms with Gasteiger partial charge in [0, 0.05) is 11.4 Å². The lowest BCUT2D eigenvalue weighted by atomic mass is 9.96. The van der Waals surface area contributed by atoms with Crippen LogP contribution in [0.15, 0.2) is 46.6 Å². The summed E-state index contributed by atoms with van der Waals surface area (Å²) in [6, 6.07) is 8.68. The van der Waals surface area contributed by atoms with Gasteiger partial charge in [-0.2, -0.15) is 0 Å². The number of thioether (sulfide) groups is 1. The lowest BCUT2D eigenvalue weighted by molar-refractivity contribution is -0.139. The van der Waals surface area contributed by atoms with Gasteiger partial charge in [-0.05, 0) is 68.7 Å². The summed E-state index contributed by atoms with van der Waals surface area (Å²) in [7, 11) is 4.57. The Bertz CT molecular complexity index is 1200. The Morgan fingerprint density at radius 1 is 0.973 bits per heavy atom. The summed E-state index contributed by atoms with van der Waals surface area (Å²) in [6.45, 7) is 7.72. The first kappa shape index (κ1) is 27.9. The predicted molar refractivity (Wildman–Crippen MR) is 146 cm³/mol. The van der Waals surface area contributed by atoms with Gasteiger partial charge in [0.2, 0.25) is 11.7 Å². The molecule has 1 atom stereocenters. The van der Waals surface area contributed by atoms with Crippen molar-refractivity contribution in [3.63, 3.8) is 0 Å². The van der Waals surface area contributed by atoms with Gasteiger partial charge < -0.3 is 29.6 Å². The van der Waals surface area contributed by atoms with Gasteiger partial charge in [-0.25, -0.2) is 9.79 Å². The van der Waals surface area contributed by atoms with Crippen molar-refractivity contribution in [2.24, 2.45) is 4.99 Å². The highest BCUT2D eigenvalue weighted by Gasteiger charge is 2.32. The Kier molecular flexibility index (Phi) is 9.46. The minimum atomic E-state index is -0.709. The van der Waals surface area contributed by atoms with Crippen molar-refractivity contribution in [3.05, 3.63) is 58.3 Å². The third-order valence-electron chi connectivity index (χ3n) is 5.56. The molecule has 0 aromatic heterocycles. The number of allylic oxidation sites excluding steroid dienone is 1. The summed E-state index contributed by atoms with van der Waals surface area (Å²) >= 11 is 1.24. The van der Waals surface area contributed by atoms with Crippen molar-refractivity contribution in [3.8, 4) is 17.2 Å². The molecule has 198 valence electrons. The molecule has 2 aromatic rings. The van der Waals surface area contributed by atoms with E-state index in [0.29, 0.717) is 39.2 Å². The van der Waals surface area contributed by atoms with Crippen molar-refractivity contribution in [1.29, 1.82) is 0 Å². The fraction of sp³-hybridized carbons (Fsp3) is 0.370. The van der Waals surface area contributed by atoms with E-state index in [1.807, 2.05) is 32.0 Å². The number of amidine groups is 1. The maximum absolute atomic E-state index is 12.9. The molecule has 3 rings (SSSR count). The lowest BCUT2D eigenvalue weighted by Crippen LogP contribution is -2.31. The third kappa shape index (κ3) is 6.76. The molecule has 0 fully saturated rings. The minimum absolute atomic E-state index is 0.128. The van der Waals surface area contributed by atoms with Gasteiger partial charge in [-0.15, -0.1) is 0 Å². The number of carbonyl (C=O) groups is 2. The molecule has 1 heterocycles. The van der Waals surface area contributed by atoms with Crippen molar-refractivity contribution in [1.82, 2.24) is 5.32 Å². The van der Waals surface area contributed by atoms with E-state index in [4.69, 9.17) is 23.9 Å². The second-order valence-corrected chi connectivity index (χ2v) is 9.36. The molecule has 0 spiro atoms.